The van der Waals surface area contributed by atoms with Crippen LogP contribution in [-0.4, -0.2) is 30.1 Å². The lowest BCUT2D eigenvalue weighted by Crippen LogP contribution is -2.12. The molecule has 4 heteroatoms. The first-order chi connectivity index (χ1) is 10.3. The van der Waals surface area contributed by atoms with Crippen molar-refractivity contribution < 1.29 is 14.7 Å². The van der Waals surface area contributed by atoms with Crippen LogP contribution in [0.2, 0.25) is 0 Å². The molecule has 1 aliphatic heterocycles. The van der Waals surface area contributed by atoms with Crippen molar-refractivity contribution in [1.29, 1.82) is 0 Å². The number of aliphatic hydroxyl groups excluding tert-OH is 1. The third-order valence-corrected chi connectivity index (χ3v) is 3.64. The second kappa shape index (κ2) is 8.67. The molecule has 21 heavy (non-hydrogen) atoms. The molecule has 0 saturated heterocycles. The Morgan fingerprint density at radius 3 is 2.62 bits per heavy atom. The Morgan fingerprint density at radius 2 is 1.95 bits per heavy atom. The second-order valence-corrected chi connectivity index (χ2v) is 5.44. The molecule has 116 valence electrons. The molecule has 0 radical (unpaired) electrons. The Morgan fingerprint density at radius 1 is 1.19 bits per heavy atom. The number of nitrogens with zero attached hydrogens (tertiary/aromatic N) is 1. The number of hydrogen-bond donors (Lipinski definition) is 1. The third kappa shape index (κ3) is 5.05. The van der Waals surface area contributed by atoms with Gasteiger partial charge in [0.15, 0.2) is 6.10 Å². The molecule has 1 unspecified atom stereocenters. The molecule has 0 amide bonds. The SMILES string of the molecule is CCCCCCCOc1ccc(C2=NOC(CO)C2)cc1. The van der Waals surface area contributed by atoms with E-state index in [0.29, 0.717) is 6.42 Å². The van der Waals surface area contributed by atoms with Crippen LogP contribution in [0, 0.1) is 0 Å². The van der Waals surface area contributed by atoms with E-state index in [1.54, 1.807) is 0 Å². The highest BCUT2D eigenvalue weighted by atomic mass is 16.6. The summed E-state index contributed by atoms with van der Waals surface area (Å²) in [5.74, 6) is 0.896. The van der Waals surface area contributed by atoms with E-state index in [1.165, 1.54) is 25.7 Å². The van der Waals surface area contributed by atoms with Crippen LogP contribution in [0.15, 0.2) is 29.4 Å². The molecule has 0 fully saturated rings. The summed E-state index contributed by atoms with van der Waals surface area (Å²) in [7, 11) is 0. The van der Waals surface area contributed by atoms with Gasteiger partial charge < -0.3 is 14.7 Å². The molecule has 1 aliphatic rings. The van der Waals surface area contributed by atoms with E-state index in [2.05, 4.69) is 12.1 Å². The smallest absolute Gasteiger partial charge is 0.156 e. The minimum absolute atomic E-state index is 0.00618. The summed E-state index contributed by atoms with van der Waals surface area (Å²) in [5, 5.41) is 13.0. The zero-order valence-electron chi connectivity index (χ0n) is 12.8. The molecule has 1 aromatic carbocycles. The molecule has 1 atom stereocenters. The molecule has 0 aromatic heterocycles. The van der Waals surface area contributed by atoms with Crippen molar-refractivity contribution in [3.63, 3.8) is 0 Å². The molecule has 2 rings (SSSR count). The van der Waals surface area contributed by atoms with E-state index >= 15 is 0 Å². The molecule has 0 aliphatic carbocycles. The summed E-state index contributed by atoms with van der Waals surface area (Å²) < 4.78 is 5.74. The summed E-state index contributed by atoms with van der Waals surface area (Å²) in [6, 6.07) is 7.93. The normalized spacial score (nSPS) is 17.4. The zero-order chi connectivity index (χ0) is 14.9. The van der Waals surface area contributed by atoms with Crippen LogP contribution in [-0.2, 0) is 4.84 Å². The zero-order valence-corrected chi connectivity index (χ0v) is 12.8. The molecule has 4 nitrogen and oxygen atoms in total. The monoisotopic (exact) mass is 291 g/mol. The van der Waals surface area contributed by atoms with Crippen molar-refractivity contribution >= 4 is 5.71 Å². The van der Waals surface area contributed by atoms with Crippen molar-refractivity contribution in [3.8, 4) is 5.75 Å². The average Bonchev–Trinajstić information content (AvgIpc) is 3.00. The van der Waals surface area contributed by atoms with Crippen LogP contribution in [0.5, 0.6) is 5.75 Å². The van der Waals surface area contributed by atoms with Gasteiger partial charge in [-0.05, 0) is 36.2 Å². The van der Waals surface area contributed by atoms with E-state index in [1.807, 2.05) is 24.3 Å². The van der Waals surface area contributed by atoms with Gasteiger partial charge in [0.1, 0.15) is 5.75 Å². The van der Waals surface area contributed by atoms with Gasteiger partial charge in [0.05, 0.1) is 18.9 Å². The largest absolute Gasteiger partial charge is 0.494 e. The van der Waals surface area contributed by atoms with Crippen LogP contribution < -0.4 is 4.74 Å². The van der Waals surface area contributed by atoms with Gasteiger partial charge in [0.2, 0.25) is 0 Å². The number of unbranched alkanes of at least 4 members (excludes halogenated alkanes) is 4. The summed E-state index contributed by atoms with van der Waals surface area (Å²) in [5.41, 5.74) is 1.92. The summed E-state index contributed by atoms with van der Waals surface area (Å²) in [6.45, 7) is 3.01. The first-order valence-electron chi connectivity index (χ1n) is 7.90. The van der Waals surface area contributed by atoms with Gasteiger partial charge in [-0.2, -0.15) is 0 Å². The molecule has 0 spiro atoms. The summed E-state index contributed by atoms with van der Waals surface area (Å²) in [6.07, 6.45) is 6.70. The molecule has 0 saturated carbocycles. The van der Waals surface area contributed by atoms with Crippen molar-refractivity contribution in [3.05, 3.63) is 29.8 Å². The highest BCUT2D eigenvalue weighted by Gasteiger charge is 2.20. The van der Waals surface area contributed by atoms with E-state index in [-0.39, 0.29) is 12.7 Å². The number of hydrogen-bond acceptors (Lipinski definition) is 4. The Balaban J connectivity index is 1.72. The van der Waals surface area contributed by atoms with Crippen molar-refractivity contribution in [2.45, 2.75) is 51.6 Å². The standard InChI is InChI=1S/C17H25NO3/c1-2-3-4-5-6-11-20-15-9-7-14(8-10-15)17-12-16(13-19)21-18-17/h7-10,16,19H,2-6,11-13H2,1H3. The predicted molar refractivity (Wildman–Crippen MR) is 83.8 cm³/mol. The maximum atomic E-state index is 9.03. The molecule has 0 bridgehead atoms. The minimum atomic E-state index is -0.195. The van der Waals surface area contributed by atoms with Crippen LogP contribution in [0.1, 0.15) is 51.0 Å². The number of rotatable bonds is 9. The fourth-order valence-electron chi connectivity index (χ4n) is 2.34. The Kier molecular flexibility index (Phi) is 6.54. The van der Waals surface area contributed by atoms with E-state index in [0.717, 1.165) is 30.1 Å². The molecule has 1 N–H and O–H groups in total. The summed E-state index contributed by atoms with van der Waals surface area (Å²) in [4.78, 5) is 5.12. The van der Waals surface area contributed by atoms with Crippen LogP contribution >= 0.6 is 0 Å². The highest BCUT2D eigenvalue weighted by molar-refractivity contribution is 6.01. The quantitative estimate of drug-likeness (QED) is 0.708. The van der Waals surface area contributed by atoms with E-state index in [9.17, 15) is 0 Å². The van der Waals surface area contributed by atoms with Crippen LogP contribution in [0.25, 0.3) is 0 Å². The van der Waals surface area contributed by atoms with E-state index < -0.39 is 0 Å². The van der Waals surface area contributed by atoms with Crippen LogP contribution in [0.4, 0.5) is 0 Å². The Bertz CT molecular complexity index is 442. The number of benzene rings is 1. The second-order valence-electron chi connectivity index (χ2n) is 5.44. The first-order valence-corrected chi connectivity index (χ1v) is 7.90. The average molecular weight is 291 g/mol. The van der Waals surface area contributed by atoms with Gasteiger partial charge in [0, 0.05) is 6.42 Å². The maximum absolute atomic E-state index is 9.03. The number of ether oxygens (including phenoxy) is 1. The van der Waals surface area contributed by atoms with E-state index in [4.69, 9.17) is 14.7 Å². The lowest BCUT2D eigenvalue weighted by Gasteiger charge is -2.07. The van der Waals surface area contributed by atoms with Crippen LogP contribution in [0.3, 0.4) is 0 Å². The molecule has 1 heterocycles. The number of aliphatic hydroxyl groups is 1. The van der Waals surface area contributed by atoms with Crippen molar-refractivity contribution in [2.24, 2.45) is 5.16 Å². The fraction of sp³-hybridized carbons (Fsp3) is 0.588. The van der Waals surface area contributed by atoms with Gasteiger partial charge in [0.25, 0.3) is 0 Å². The van der Waals surface area contributed by atoms with Crippen molar-refractivity contribution in [1.82, 2.24) is 0 Å². The van der Waals surface area contributed by atoms with Gasteiger partial charge >= 0.3 is 0 Å². The lowest BCUT2D eigenvalue weighted by molar-refractivity contribution is 0.0390. The fourth-order valence-corrected chi connectivity index (χ4v) is 2.34. The minimum Gasteiger partial charge on any atom is -0.494 e. The third-order valence-electron chi connectivity index (χ3n) is 3.64. The maximum Gasteiger partial charge on any atom is 0.156 e. The van der Waals surface area contributed by atoms with Gasteiger partial charge in [-0.1, -0.05) is 37.8 Å². The predicted octanol–water partition coefficient (Wildman–Crippen LogP) is 3.52. The number of oxime groups is 1. The Hall–Kier alpha value is -1.55. The van der Waals surface area contributed by atoms with Gasteiger partial charge in [-0.15, -0.1) is 0 Å². The molecule has 1 aromatic rings. The topological polar surface area (TPSA) is 51.0 Å². The Labute approximate surface area is 126 Å². The highest BCUT2D eigenvalue weighted by Crippen LogP contribution is 2.19. The van der Waals surface area contributed by atoms with Crippen molar-refractivity contribution in [2.75, 3.05) is 13.2 Å². The van der Waals surface area contributed by atoms with Gasteiger partial charge in [-0.3, -0.25) is 0 Å². The van der Waals surface area contributed by atoms with Gasteiger partial charge in [-0.25, -0.2) is 0 Å². The summed E-state index contributed by atoms with van der Waals surface area (Å²) >= 11 is 0. The lowest BCUT2D eigenvalue weighted by atomic mass is 10.1. The molecular weight excluding hydrogens is 266 g/mol. The molecular formula is C17H25NO3. The first kappa shape index (κ1) is 15.8.